The van der Waals surface area contributed by atoms with Gasteiger partial charge in [0, 0.05) is 26.2 Å². The van der Waals surface area contributed by atoms with Crippen LogP contribution in [0.2, 0.25) is 0 Å². The summed E-state index contributed by atoms with van der Waals surface area (Å²) in [6, 6.07) is 6.15. The summed E-state index contributed by atoms with van der Waals surface area (Å²) in [5, 5.41) is 3.15. The molecule has 0 amide bonds. The summed E-state index contributed by atoms with van der Waals surface area (Å²) in [5.41, 5.74) is 7.17. The third-order valence-corrected chi connectivity index (χ3v) is 4.52. The Balaban J connectivity index is 0.00000392. The molecule has 8 nitrogen and oxygen atoms in total. The van der Waals surface area contributed by atoms with Gasteiger partial charge >= 0.3 is 0 Å². The highest BCUT2D eigenvalue weighted by molar-refractivity contribution is 14.0. The first kappa shape index (κ1) is 24.7. The SMILES string of the molecule is COCC(C)NC(N)=NCC(c1ccc(OC)c(OC)c1)N1CCOCC1.I. The Morgan fingerprint density at radius 2 is 1.89 bits per heavy atom. The molecule has 1 fully saturated rings. The highest BCUT2D eigenvalue weighted by Gasteiger charge is 2.23. The molecule has 0 aliphatic carbocycles. The summed E-state index contributed by atoms with van der Waals surface area (Å²) in [5.74, 6) is 1.83. The molecule has 2 atom stereocenters. The van der Waals surface area contributed by atoms with Crippen LogP contribution >= 0.6 is 24.0 Å². The Morgan fingerprint density at radius 3 is 2.50 bits per heavy atom. The Bertz CT molecular complexity index is 612. The largest absolute Gasteiger partial charge is 0.493 e. The number of methoxy groups -OCH3 is 3. The highest BCUT2D eigenvalue weighted by atomic mass is 127. The fraction of sp³-hybridized carbons (Fsp3) is 0.632. The van der Waals surface area contributed by atoms with E-state index in [1.54, 1.807) is 21.3 Å². The third kappa shape index (κ3) is 7.26. The smallest absolute Gasteiger partial charge is 0.188 e. The second kappa shape index (κ2) is 13.0. The van der Waals surface area contributed by atoms with Crippen LogP contribution in [-0.4, -0.2) is 77.7 Å². The molecule has 2 rings (SSSR count). The van der Waals surface area contributed by atoms with Crippen molar-refractivity contribution in [2.75, 3.05) is 60.8 Å². The van der Waals surface area contributed by atoms with E-state index < -0.39 is 0 Å². The van der Waals surface area contributed by atoms with Crippen LogP contribution in [0, 0.1) is 0 Å². The summed E-state index contributed by atoms with van der Waals surface area (Å²) in [6.07, 6.45) is 0. The molecule has 0 spiro atoms. The third-order valence-electron chi connectivity index (χ3n) is 4.52. The predicted octanol–water partition coefficient (Wildman–Crippen LogP) is 1.63. The number of hydrogen-bond donors (Lipinski definition) is 2. The van der Waals surface area contributed by atoms with Crippen LogP contribution < -0.4 is 20.5 Å². The maximum absolute atomic E-state index is 6.06. The first-order valence-corrected chi connectivity index (χ1v) is 9.18. The van der Waals surface area contributed by atoms with Gasteiger partial charge in [0.25, 0.3) is 0 Å². The van der Waals surface area contributed by atoms with Crippen molar-refractivity contribution in [1.29, 1.82) is 0 Å². The lowest BCUT2D eigenvalue weighted by molar-refractivity contribution is 0.0179. The van der Waals surface area contributed by atoms with E-state index in [9.17, 15) is 0 Å². The van der Waals surface area contributed by atoms with Crippen molar-refractivity contribution in [2.45, 2.75) is 19.0 Å². The lowest BCUT2D eigenvalue weighted by Gasteiger charge is -2.34. The predicted molar refractivity (Wildman–Crippen MR) is 121 cm³/mol. The average molecular weight is 508 g/mol. The number of halogens is 1. The molecule has 1 aliphatic rings. The molecular weight excluding hydrogens is 475 g/mol. The molecule has 1 aliphatic heterocycles. The van der Waals surface area contributed by atoms with E-state index in [-0.39, 0.29) is 36.1 Å². The van der Waals surface area contributed by atoms with Crippen molar-refractivity contribution in [1.82, 2.24) is 10.2 Å². The Labute approximate surface area is 184 Å². The maximum Gasteiger partial charge on any atom is 0.188 e. The summed E-state index contributed by atoms with van der Waals surface area (Å²) >= 11 is 0. The lowest BCUT2D eigenvalue weighted by Crippen LogP contribution is -2.43. The van der Waals surface area contributed by atoms with Gasteiger partial charge in [-0.25, -0.2) is 0 Å². The van der Waals surface area contributed by atoms with Crippen LogP contribution in [0.15, 0.2) is 23.2 Å². The second-order valence-electron chi connectivity index (χ2n) is 6.51. The molecule has 0 aromatic heterocycles. The number of morpholine rings is 1. The standard InChI is InChI=1S/C19H32N4O4.HI/c1-14(13-24-2)22-19(20)21-12-16(23-7-9-27-10-8-23)15-5-6-17(25-3)18(11-15)26-4;/h5-6,11,14,16H,7-10,12-13H2,1-4H3,(H3,20,21,22);1H. The quantitative estimate of drug-likeness (QED) is 0.298. The number of nitrogens with zero attached hydrogens (tertiary/aromatic N) is 2. The monoisotopic (exact) mass is 508 g/mol. The van der Waals surface area contributed by atoms with Gasteiger partial charge in [0.05, 0.1) is 46.6 Å². The Morgan fingerprint density at radius 1 is 1.21 bits per heavy atom. The number of nitrogens with one attached hydrogen (secondary N) is 1. The molecule has 0 bridgehead atoms. The van der Waals surface area contributed by atoms with Gasteiger partial charge in [-0.05, 0) is 24.6 Å². The van der Waals surface area contributed by atoms with Crippen LogP contribution in [0.4, 0.5) is 0 Å². The first-order valence-electron chi connectivity index (χ1n) is 9.18. The van der Waals surface area contributed by atoms with Gasteiger partial charge in [-0.2, -0.15) is 0 Å². The van der Waals surface area contributed by atoms with Gasteiger partial charge in [0.1, 0.15) is 0 Å². The van der Waals surface area contributed by atoms with E-state index in [0.717, 1.165) is 18.7 Å². The van der Waals surface area contributed by atoms with Gasteiger partial charge in [-0.3, -0.25) is 9.89 Å². The fourth-order valence-corrected chi connectivity index (χ4v) is 3.16. The minimum atomic E-state index is 0. The molecule has 3 N–H and O–H groups in total. The molecule has 1 aromatic carbocycles. The number of nitrogens with two attached hydrogens (primary N) is 1. The van der Waals surface area contributed by atoms with Crippen LogP contribution in [0.3, 0.4) is 0 Å². The van der Waals surface area contributed by atoms with Crippen molar-refractivity contribution in [3.63, 3.8) is 0 Å². The molecular formula is C19H33IN4O4. The van der Waals surface area contributed by atoms with E-state index in [1.165, 1.54) is 0 Å². The molecule has 0 saturated carbocycles. The zero-order valence-electron chi connectivity index (χ0n) is 17.1. The van der Waals surface area contributed by atoms with E-state index in [0.29, 0.717) is 43.8 Å². The van der Waals surface area contributed by atoms with Crippen LogP contribution in [-0.2, 0) is 9.47 Å². The van der Waals surface area contributed by atoms with Crippen molar-refractivity contribution < 1.29 is 18.9 Å². The van der Waals surface area contributed by atoms with Gasteiger partial charge in [-0.15, -0.1) is 24.0 Å². The molecule has 9 heteroatoms. The highest BCUT2D eigenvalue weighted by Crippen LogP contribution is 2.32. The Kier molecular flexibility index (Phi) is 11.5. The van der Waals surface area contributed by atoms with Gasteiger partial charge in [0.15, 0.2) is 17.5 Å². The van der Waals surface area contributed by atoms with Crippen molar-refractivity contribution in [3.8, 4) is 11.5 Å². The fourth-order valence-electron chi connectivity index (χ4n) is 3.16. The molecule has 0 radical (unpaired) electrons. The summed E-state index contributed by atoms with van der Waals surface area (Å²) in [6.45, 7) is 6.23. The number of ether oxygens (including phenoxy) is 4. The number of benzene rings is 1. The summed E-state index contributed by atoms with van der Waals surface area (Å²) in [7, 11) is 4.94. The average Bonchev–Trinajstić information content (AvgIpc) is 2.68. The van der Waals surface area contributed by atoms with Crippen molar-refractivity contribution in [3.05, 3.63) is 23.8 Å². The van der Waals surface area contributed by atoms with E-state index in [2.05, 4.69) is 15.2 Å². The zero-order chi connectivity index (χ0) is 19.6. The number of aliphatic imine (C=N–C) groups is 1. The molecule has 160 valence electrons. The normalized spacial score (nSPS) is 17.4. The maximum atomic E-state index is 6.06. The summed E-state index contributed by atoms with van der Waals surface area (Å²) in [4.78, 5) is 6.93. The van der Waals surface area contributed by atoms with E-state index >= 15 is 0 Å². The van der Waals surface area contributed by atoms with E-state index in [1.807, 2.05) is 25.1 Å². The summed E-state index contributed by atoms with van der Waals surface area (Å²) < 4.78 is 21.4. The molecule has 1 aromatic rings. The number of guanidine groups is 1. The Hall–Kier alpha value is -1.30. The lowest BCUT2D eigenvalue weighted by atomic mass is 10.0. The van der Waals surface area contributed by atoms with Gasteiger partial charge < -0.3 is 30.0 Å². The second-order valence-corrected chi connectivity index (χ2v) is 6.51. The number of hydrogen-bond acceptors (Lipinski definition) is 6. The van der Waals surface area contributed by atoms with Crippen molar-refractivity contribution >= 4 is 29.9 Å². The molecule has 1 saturated heterocycles. The zero-order valence-corrected chi connectivity index (χ0v) is 19.5. The minimum Gasteiger partial charge on any atom is -0.493 e. The topological polar surface area (TPSA) is 90.6 Å². The van der Waals surface area contributed by atoms with Gasteiger partial charge in [-0.1, -0.05) is 6.07 Å². The minimum absolute atomic E-state index is 0. The van der Waals surface area contributed by atoms with Gasteiger partial charge in [0.2, 0.25) is 0 Å². The first-order chi connectivity index (χ1) is 13.1. The van der Waals surface area contributed by atoms with Crippen LogP contribution in [0.25, 0.3) is 0 Å². The van der Waals surface area contributed by atoms with E-state index in [4.69, 9.17) is 24.7 Å². The van der Waals surface area contributed by atoms with Crippen LogP contribution in [0.5, 0.6) is 11.5 Å². The molecule has 28 heavy (non-hydrogen) atoms. The number of rotatable bonds is 9. The van der Waals surface area contributed by atoms with Crippen LogP contribution in [0.1, 0.15) is 18.5 Å². The van der Waals surface area contributed by atoms with Crippen molar-refractivity contribution in [2.24, 2.45) is 10.7 Å². The molecule has 1 heterocycles. The molecule has 2 unspecified atom stereocenters.